The van der Waals surface area contributed by atoms with Crippen LogP contribution in [-0.4, -0.2) is 44.6 Å². The Morgan fingerprint density at radius 1 is 1.03 bits per heavy atom. The number of nitrogens with one attached hydrogen (secondary N) is 2. The minimum atomic E-state index is -0.869. The van der Waals surface area contributed by atoms with Crippen LogP contribution < -0.4 is 29.7 Å². The van der Waals surface area contributed by atoms with E-state index in [1.54, 1.807) is 42.5 Å². The van der Waals surface area contributed by atoms with E-state index in [-0.39, 0.29) is 29.4 Å². The fourth-order valence-electron chi connectivity index (χ4n) is 3.62. The number of benzene rings is 3. The lowest BCUT2D eigenvalue weighted by Crippen LogP contribution is -2.54. The summed E-state index contributed by atoms with van der Waals surface area (Å²) in [6.07, 6.45) is 1.32. The lowest BCUT2D eigenvalue weighted by molar-refractivity contribution is -0.122. The van der Waals surface area contributed by atoms with Gasteiger partial charge in [-0.05, 0) is 88.2 Å². The van der Waals surface area contributed by atoms with Crippen molar-refractivity contribution in [2.45, 2.75) is 0 Å². The Labute approximate surface area is 236 Å². The number of nitrogens with zero attached hydrogens (tertiary/aromatic N) is 1. The summed E-state index contributed by atoms with van der Waals surface area (Å²) in [5.41, 5.74) is 0.948. The summed E-state index contributed by atoms with van der Waals surface area (Å²) in [5.74, 6) is -1.04. The van der Waals surface area contributed by atoms with Gasteiger partial charge in [-0.2, -0.15) is 0 Å². The molecule has 3 aromatic rings. The number of carbonyl (C=O) groups excluding carboxylic acids is 4. The van der Waals surface area contributed by atoms with Gasteiger partial charge in [0.2, 0.25) is 0 Å². The van der Waals surface area contributed by atoms with Gasteiger partial charge >= 0.3 is 6.03 Å². The first-order chi connectivity index (χ1) is 18.7. The topological polar surface area (TPSA) is 123 Å². The van der Waals surface area contributed by atoms with Crippen molar-refractivity contribution in [3.8, 4) is 17.2 Å². The van der Waals surface area contributed by atoms with E-state index in [1.807, 2.05) is 0 Å². The smallest absolute Gasteiger partial charge is 0.335 e. The molecule has 0 saturated carbocycles. The second kappa shape index (κ2) is 12.0. The largest absolute Gasteiger partial charge is 0.497 e. The summed E-state index contributed by atoms with van der Waals surface area (Å²) in [7, 11) is 2.90. The van der Waals surface area contributed by atoms with Crippen LogP contribution in [0.25, 0.3) is 6.08 Å². The van der Waals surface area contributed by atoms with Crippen molar-refractivity contribution in [1.29, 1.82) is 0 Å². The van der Waals surface area contributed by atoms with Crippen LogP contribution in [0.5, 0.6) is 17.2 Å². The monoisotopic (exact) mass is 613 g/mol. The zero-order chi connectivity index (χ0) is 28.1. The van der Waals surface area contributed by atoms with Crippen LogP contribution in [0.15, 0.2) is 70.7 Å². The van der Waals surface area contributed by atoms with Crippen molar-refractivity contribution in [3.05, 3.63) is 81.3 Å². The van der Waals surface area contributed by atoms with Crippen LogP contribution in [0.2, 0.25) is 5.02 Å². The molecule has 10 nitrogen and oxygen atoms in total. The van der Waals surface area contributed by atoms with Crippen LogP contribution in [0.1, 0.15) is 5.56 Å². The molecule has 2 N–H and O–H groups in total. The number of hydrogen-bond acceptors (Lipinski definition) is 7. The summed E-state index contributed by atoms with van der Waals surface area (Å²) in [6.45, 7) is -0.322. The molecule has 0 atom stereocenters. The van der Waals surface area contributed by atoms with Crippen LogP contribution in [0.3, 0.4) is 0 Å². The maximum atomic E-state index is 13.2. The molecule has 1 fully saturated rings. The number of amides is 5. The molecule has 4 rings (SSSR count). The average Bonchev–Trinajstić information content (AvgIpc) is 2.91. The number of ether oxygens (including phenoxy) is 3. The molecule has 1 aliphatic rings. The number of halogens is 2. The molecule has 200 valence electrons. The number of barbiturate groups is 1. The number of hydrogen-bond donors (Lipinski definition) is 2. The summed E-state index contributed by atoms with van der Waals surface area (Å²) in [5, 5.41) is 5.41. The van der Waals surface area contributed by atoms with E-state index in [0.29, 0.717) is 26.5 Å². The summed E-state index contributed by atoms with van der Waals surface area (Å²) >= 11 is 9.25. The molecule has 1 saturated heterocycles. The fraction of sp³-hybridized carbons (Fsp3) is 0.111. The number of methoxy groups -OCH3 is 2. The third-order valence-electron chi connectivity index (χ3n) is 5.47. The predicted molar refractivity (Wildman–Crippen MR) is 148 cm³/mol. The SMILES string of the molecule is COc1ccc(N2C(=O)NC(=O)/C(=C\c3cc(Br)c(OCC(=O)Nc4ccc(Cl)cc4)c(OC)c3)C2=O)cc1. The van der Waals surface area contributed by atoms with Gasteiger partial charge in [-0.25, -0.2) is 9.69 Å². The molecule has 0 radical (unpaired) electrons. The number of carbonyl (C=O) groups is 4. The molecule has 0 bridgehead atoms. The molecule has 0 aliphatic carbocycles. The Morgan fingerprint density at radius 2 is 1.72 bits per heavy atom. The molecule has 1 aliphatic heterocycles. The molecule has 0 aromatic heterocycles. The van der Waals surface area contributed by atoms with Crippen molar-refractivity contribution in [2.24, 2.45) is 0 Å². The molecule has 12 heteroatoms. The normalized spacial score (nSPS) is 14.2. The summed E-state index contributed by atoms with van der Waals surface area (Å²) in [6, 6.07) is 15.1. The van der Waals surface area contributed by atoms with Crippen molar-refractivity contribution < 1.29 is 33.4 Å². The molecule has 3 aromatic carbocycles. The quantitative estimate of drug-likeness (QED) is 0.276. The van der Waals surface area contributed by atoms with Gasteiger partial charge in [0.15, 0.2) is 18.1 Å². The van der Waals surface area contributed by atoms with E-state index in [9.17, 15) is 19.2 Å². The van der Waals surface area contributed by atoms with Gasteiger partial charge < -0.3 is 19.5 Å². The minimum Gasteiger partial charge on any atom is -0.497 e. The van der Waals surface area contributed by atoms with Gasteiger partial charge in [0.25, 0.3) is 17.7 Å². The summed E-state index contributed by atoms with van der Waals surface area (Å²) in [4.78, 5) is 51.4. The molecule has 0 unspecified atom stereocenters. The Kier molecular flexibility index (Phi) is 8.52. The van der Waals surface area contributed by atoms with Gasteiger partial charge in [0, 0.05) is 10.7 Å². The molecule has 5 amide bonds. The summed E-state index contributed by atoms with van der Waals surface area (Å²) < 4.78 is 16.6. The third-order valence-corrected chi connectivity index (χ3v) is 6.31. The zero-order valence-corrected chi connectivity index (χ0v) is 23.0. The van der Waals surface area contributed by atoms with Crippen LogP contribution in [0, 0.1) is 0 Å². The van der Waals surface area contributed by atoms with Gasteiger partial charge in [-0.15, -0.1) is 0 Å². The van der Waals surface area contributed by atoms with Gasteiger partial charge in [0.05, 0.1) is 24.4 Å². The lowest BCUT2D eigenvalue weighted by Gasteiger charge is -2.26. The maximum absolute atomic E-state index is 13.2. The van der Waals surface area contributed by atoms with Gasteiger partial charge in [-0.3, -0.25) is 19.7 Å². The zero-order valence-electron chi connectivity index (χ0n) is 20.6. The van der Waals surface area contributed by atoms with E-state index >= 15 is 0 Å². The van der Waals surface area contributed by atoms with Crippen LogP contribution in [0.4, 0.5) is 16.2 Å². The number of anilines is 2. The van der Waals surface area contributed by atoms with E-state index in [1.165, 1.54) is 38.5 Å². The first-order valence-corrected chi connectivity index (χ1v) is 12.5. The lowest BCUT2D eigenvalue weighted by atomic mass is 10.1. The minimum absolute atomic E-state index is 0.236. The first-order valence-electron chi connectivity index (χ1n) is 11.3. The van der Waals surface area contributed by atoms with E-state index < -0.39 is 23.8 Å². The standard InChI is InChI=1S/C27H21BrClN3O7/c1-37-19-9-7-18(8-10-19)32-26(35)20(25(34)31-27(32)36)11-15-12-21(28)24(22(13-15)38-2)39-14-23(33)30-17-5-3-16(29)4-6-17/h3-13H,14H2,1-2H3,(H,30,33)(H,31,34,36)/b20-11+. The highest BCUT2D eigenvalue weighted by atomic mass is 79.9. The molecular formula is C27H21BrClN3O7. The number of imide groups is 2. The highest BCUT2D eigenvalue weighted by molar-refractivity contribution is 9.10. The first kappa shape index (κ1) is 27.7. The van der Waals surface area contributed by atoms with E-state index in [4.69, 9.17) is 25.8 Å². The number of rotatable bonds is 8. The van der Waals surface area contributed by atoms with Crippen molar-refractivity contribution in [1.82, 2.24) is 5.32 Å². The van der Waals surface area contributed by atoms with Crippen molar-refractivity contribution in [3.63, 3.8) is 0 Å². The third kappa shape index (κ3) is 6.39. The second-order valence-electron chi connectivity index (χ2n) is 8.03. The Morgan fingerprint density at radius 3 is 2.36 bits per heavy atom. The fourth-order valence-corrected chi connectivity index (χ4v) is 4.32. The molecule has 39 heavy (non-hydrogen) atoms. The Hall–Kier alpha value is -4.35. The maximum Gasteiger partial charge on any atom is 0.335 e. The van der Waals surface area contributed by atoms with Gasteiger partial charge in [0.1, 0.15) is 11.3 Å². The molecule has 0 spiro atoms. The van der Waals surface area contributed by atoms with Gasteiger partial charge in [-0.1, -0.05) is 11.6 Å². The van der Waals surface area contributed by atoms with Crippen LogP contribution >= 0.6 is 27.5 Å². The van der Waals surface area contributed by atoms with Crippen molar-refractivity contribution in [2.75, 3.05) is 31.0 Å². The highest BCUT2D eigenvalue weighted by Crippen LogP contribution is 2.37. The highest BCUT2D eigenvalue weighted by Gasteiger charge is 2.37. The van der Waals surface area contributed by atoms with Crippen molar-refractivity contribution >= 4 is 68.7 Å². The molecular weight excluding hydrogens is 594 g/mol. The average molecular weight is 615 g/mol. The number of urea groups is 1. The predicted octanol–water partition coefficient (Wildman–Crippen LogP) is 4.80. The molecule has 1 heterocycles. The van der Waals surface area contributed by atoms with E-state index in [0.717, 1.165) is 4.90 Å². The Balaban J connectivity index is 1.54. The second-order valence-corrected chi connectivity index (χ2v) is 9.32. The Bertz CT molecular complexity index is 1470. The van der Waals surface area contributed by atoms with Crippen LogP contribution in [-0.2, 0) is 14.4 Å². The van der Waals surface area contributed by atoms with E-state index in [2.05, 4.69) is 26.6 Å².